The molecule has 0 aliphatic carbocycles. The van der Waals surface area contributed by atoms with E-state index >= 15 is 0 Å². The van der Waals surface area contributed by atoms with E-state index in [1.807, 2.05) is 91.0 Å². The number of nitrogens with zero attached hydrogens (tertiary/aromatic N) is 1. The quantitative estimate of drug-likeness (QED) is 0.287. The molecule has 5 heteroatoms. The molecule has 1 N–H and O–H groups in total. The van der Waals surface area contributed by atoms with Crippen molar-refractivity contribution >= 4 is 12.1 Å². The summed E-state index contributed by atoms with van der Waals surface area (Å²) in [6.45, 7) is 0.378. The van der Waals surface area contributed by atoms with E-state index < -0.39 is 0 Å². The lowest BCUT2D eigenvalue weighted by Crippen LogP contribution is -2.18. The molecular formula is C27H22N2O3. The first-order chi connectivity index (χ1) is 15.8. The number of carbonyl (C=O) groups excluding carboxylic acids is 1. The molecule has 0 saturated carbocycles. The van der Waals surface area contributed by atoms with Gasteiger partial charge in [0, 0.05) is 0 Å². The van der Waals surface area contributed by atoms with Gasteiger partial charge in [0.2, 0.25) is 0 Å². The molecule has 1 amide bonds. The summed E-state index contributed by atoms with van der Waals surface area (Å²) in [7, 11) is 0. The van der Waals surface area contributed by atoms with Crippen LogP contribution in [-0.4, -0.2) is 12.1 Å². The number of hydrazone groups is 1. The molecule has 0 aromatic heterocycles. The van der Waals surface area contributed by atoms with E-state index in [9.17, 15) is 4.79 Å². The first kappa shape index (κ1) is 20.9. The largest absolute Gasteiger partial charge is 0.488 e. The minimum Gasteiger partial charge on any atom is -0.488 e. The van der Waals surface area contributed by atoms with Gasteiger partial charge in [-0.3, -0.25) is 4.79 Å². The zero-order valence-corrected chi connectivity index (χ0v) is 17.3. The zero-order chi connectivity index (χ0) is 22.0. The minimum atomic E-state index is -0.346. The summed E-state index contributed by atoms with van der Waals surface area (Å²) in [5, 5.41) is 4.09. The summed E-state index contributed by atoms with van der Waals surface area (Å²) in [6.07, 6.45) is 1.57. The lowest BCUT2D eigenvalue weighted by molar-refractivity contribution is 0.0950. The third kappa shape index (κ3) is 5.83. The maximum atomic E-state index is 12.6. The van der Waals surface area contributed by atoms with Gasteiger partial charge in [-0.25, -0.2) is 5.43 Å². The standard InChI is InChI=1S/C27H22N2O3/c30-27(25-16-7-8-17-26(25)31-20-21-10-3-1-4-11-21)29-28-19-22-12-9-15-24(18-22)32-23-13-5-2-6-14-23/h1-19H,20H2,(H,29,30). The van der Waals surface area contributed by atoms with Gasteiger partial charge in [0.05, 0.1) is 11.8 Å². The average Bonchev–Trinajstić information content (AvgIpc) is 2.84. The summed E-state index contributed by atoms with van der Waals surface area (Å²) in [6, 6.07) is 33.9. The summed E-state index contributed by atoms with van der Waals surface area (Å²) in [5.74, 6) is 1.59. The van der Waals surface area contributed by atoms with Gasteiger partial charge in [0.1, 0.15) is 23.9 Å². The van der Waals surface area contributed by atoms with Crippen LogP contribution in [0.1, 0.15) is 21.5 Å². The van der Waals surface area contributed by atoms with Crippen molar-refractivity contribution in [2.45, 2.75) is 6.61 Å². The van der Waals surface area contributed by atoms with Crippen LogP contribution in [-0.2, 0) is 6.61 Å². The van der Waals surface area contributed by atoms with E-state index in [1.165, 1.54) is 0 Å². The van der Waals surface area contributed by atoms with Crippen LogP contribution >= 0.6 is 0 Å². The molecular weight excluding hydrogens is 400 g/mol. The monoisotopic (exact) mass is 422 g/mol. The second kappa shape index (κ2) is 10.6. The van der Waals surface area contributed by atoms with E-state index in [1.54, 1.807) is 24.4 Å². The van der Waals surface area contributed by atoms with Crippen molar-refractivity contribution in [1.29, 1.82) is 0 Å². The number of hydrogen-bond acceptors (Lipinski definition) is 4. The van der Waals surface area contributed by atoms with Crippen molar-refractivity contribution in [3.05, 3.63) is 126 Å². The van der Waals surface area contributed by atoms with Crippen molar-refractivity contribution in [3.63, 3.8) is 0 Å². The first-order valence-electron chi connectivity index (χ1n) is 10.2. The van der Waals surface area contributed by atoms with Crippen LogP contribution in [0.5, 0.6) is 17.2 Å². The Morgan fingerprint density at radius 3 is 2.28 bits per heavy atom. The van der Waals surface area contributed by atoms with E-state index in [4.69, 9.17) is 9.47 Å². The molecule has 4 aromatic carbocycles. The summed E-state index contributed by atoms with van der Waals surface area (Å²) < 4.78 is 11.7. The third-order valence-corrected chi connectivity index (χ3v) is 4.59. The predicted octanol–water partition coefficient (Wildman–Crippen LogP) is 5.82. The topological polar surface area (TPSA) is 59.9 Å². The highest BCUT2D eigenvalue weighted by atomic mass is 16.5. The van der Waals surface area contributed by atoms with Crippen LogP contribution in [0.25, 0.3) is 0 Å². The fraction of sp³-hybridized carbons (Fsp3) is 0.0370. The number of nitrogens with one attached hydrogen (secondary N) is 1. The van der Waals surface area contributed by atoms with Crippen molar-refractivity contribution < 1.29 is 14.3 Å². The lowest BCUT2D eigenvalue weighted by atomic mass is 10.2. The molecule has 32 heavy (non-hydrogen) atoms. The highest BCUT2D eigenvalue weighted by Gasteiger charge is 2.11. The van der Waals surface area contributed by atoms with Gasteiger partial charge in [0.25, 0.3) is 5.91 Å². The molecule has 0 bridgehead atoms. The number of benzene rings is 4. The molecule has 4 rings (SSSR count). The van der Waals surface area contributed by atoms with Crippen LogP contribution in [0.4, 0.5) is 0 Å². The molecule has 0 unspecified atom stereocenters. The Balaban J connectivity index is 1.38. The van der Waals surface area contributed by atoms with Crippen LogP contribution in [0.2, 0.25) is 0 Å². The molecule has 0 aliphatic rings. The van der Waals surface area contributed by atoms with Crippen molar-refractivity contribution in [1.82, 2.24) is 5.43 Å². The maximum Gasteiger partial charge on any atom is 0.275 e. The molecule has 0 spiro atoms. The first-order valence-corrected chi connectivity index (χ1v) is 10.2. The van der Waals surface area contributed by atoms with Gasteiger partial charge in [0.15, 0.2) is 0 Å². The number of ether oxygens (including phenoxy) is 2. The van der Waals surface area contributed by atoms with E-state index in [0.717, 1.165) is 16.9 Å². The second-order valence-corrected chi connectivity index (χ2v) is 6.96. The van der Waals surface area contributed by atoms with E-state index in [0.29, 0.717) is 23.7 Å². The van der Waals surface area contributed by atoms with E-state index in [2.05, 4.69) is 10.5 Å². The lowest BCUT2D eigenvalue weighted by Gasteiger charge is -2.10. The van der Waals surface area contributed by atoms with Gasteiger partial charge < -0.3 is 9.47 Å². The second-order valence-electron chi connectivity index (χ2n) is 6.96. The third-order valence-electron chi connectivity index (χ3n) is 4.59. The van der Waals surface area contributed by atoms with Gasteiger partial charge >= 0.3 is 0 Å². The SMILES string of the molecule is O=C(NN=Cc1cccc(Oc2ccccc2)c1)c1ccccc1OCc1ccccc1. The fourth-order valence-corrected chi connectivity index (χ4v) is 3.02. The van der Waals surface area contributed by atoms with Crippen LogP contribution in [0, 0.1) is 0 Å². The van der Waals surface area contributed by atoms with Crippen molar-refractivity contribution in [2.75, 3.05) is 0 Å². The van der Waals surface area contributed by atoms with E-state index in [-0.39, 0.29) is 5.91 Å². The smallest absolute Gasteiger partial charge is 0.275 e. The van der Waals surface area contributed by atoms with Crippen molar-refractivity contribution in [2.24, 2.45) is 5.10 Å². The number of rotatable bonds is 8. The predicted molar refractivity (Wildman–Crippen MR) is 125 cm³/mol. The van der Waals surface area contributed by atoms with Gasteiger partial charge in [-0.05, 0) is 47.5 Å². The van der Waals surface area contributed by atoms with Crippen LogP contribution < -0.4 is 14.9 Å². The molecule has 4 aromatic rings. The molecule has 0 saturated heterocycles. The molecule has 5 nitrogen and oxygen atoms in total. The molecule has 0 aliphatic heterocycles. The Kier molecular flexibility index (Phi) is 6.91. The fourth-order valence-electron chi connectivity index (χ4n) is 3.02. The Morgan fingerprint density at radius 2 is 1.47 bits per heavy atom. The minimum absolute atomic E-state index is 0.346. The number of para-hydroxylation sites is 2. The Hall–Kier alpha value is -4.38. The maximum absolute atomic E-state index is 12.6. The van der Waals surface area contributed by atoms with Crippen LogP contribution in [0.3, 0.4) is 0 Å². The molecule has 0 fully saturated rings. The number of hydrogen-bond donors (Lipinski definition) is 1. The molecule has 0 atom stereocenters. The van der Waals surface area contributed by atoms with Crippen molar-refractivity contribution in [3.8, 4) is 17.2 Å². The summed E-state index contributed by atoms with van der Waals surface area (Å²) in [4.78, 5) is 12.6. The Morgan fingerprint density at radius 1 is 0.781 bits per heavy atom. The molecule has 0 radical (unpaired) electrons. The van der Waals surface area contributed by atoms with Gasteiger partial charge in [-0.15, -0.1) is 0 Å². The normalized spacial score (nSPS) is 10.6. The Labute approximate surface area is 187 Å². The Bertz CT molecular complexity index is 1190. The molecule has 0 heterocycles. The van der Waals surface area contributed by atoms with Gasteiger partial charge in [-0.2, -0.15) is 5.10 Å². The van der Waals surface area contributed by atoms with Crippen LogP contribution in [0.15, 0.2) is 114 Å². The van der Waals surface area contributed by atoms with Gasteiger partial charge in [-0.1, -0.05) is 72.8 Å². The summed E-state index contributed by atoms with van der Waals surface area (Å²) in [5.41, 5.74) is 4.81. The average molecular weight is 422 g/mol. The zero-order valence-electron chi connectivity index (χ0n) is 17.3. The molecule has 158 valence electrons. The summed E-state index contributed by atoms with van der Waals surface area (Å²) >= 11 is 0. The highest BCUT2D eigenvalue weighted by Crippen LogP contribution is 2.21. The number of carbonyl (C=O) groups is 1. The highest BCUT2D eigenvalue weighted by molar-refractivity contribution is 5.97. The number of amides is 1.